The smallest absolute Gasteiger partial charge is 0.133 e. The first-order chi connectivity index (χ1) is 7.52. The predicted molar refractivity (Wildman–Crippen MR) is 55.9 cm³/mol. The van der Waals surface area contributed by atoms with E-state index < -0.39 is 11.6 Å². The van der Waals surface area contributed by atoms with Crippen molar-refractivity contribution in [3.05, 3.63) is 35.4 Å². The Hall–Kier alpha value is -1.29. The molecule has 0 spiro atoms. The number of carbonyl (C=O) groups is 1. The van der Waals surface area contributed by atoms with E-state index in [-0.39, 0.29) is 24.7 Å². The number of benzene rings is 1. The van der Waals surface area contributed by atoms with Crippen LogP contribution in [0.1, 0.15) is 18.9 Å². The number of aliphatic hydroxyl groups excluding tert-OH is 1. The fraction of sp³-hybridized carbons (Fsp3) is 0.417. The first-order valence-corrected chi connectivity index (χ1v) is 5.09. The first kappa shape index (κ1) is 12.8. The van der Waals surface area contributed by atoms with E-state index in [9.17, 15) is 13.6 Å². The van der Waals surface area contributed by atoms with Gasteiger partial charge < -0.3 is 5.11 Å². The standard InChI is InChI=1S/C12H14F2O2/c1-8(16)10(2-3-15)4-9-5-11(13)7-12(14)6-9/h5-7,10,15H,2-4H2,1H3. The minimum Gasteiger partial charge on any atom is -0.396 e. The zero-order valence-corrected chi connectivity index (χ0v) is 9.04. The number of hydrogen-bond donors (Lipinski definition) is 1. The van der Waals surface area contributed by atoms with E-state index in [1.165, 1.54) is 19.1 Å². The predicted octanol–water partition coefficient (Wildman–Crippen LogP) is 2.09. The van der Waals surface area contributed by atoms with Gasteiger partial charge in [-0.25, -0.2) is 8.78 Å². The summed E-state index contributed by atoms with van der Waals surface area (Å²) < 4.78 is 25.8. The topological polar surface area (TPSA) is 37.3 Å². The van der Waals surface area contributed by atoms with E-state index >= 15 is 0 Å². The number of aliphatic hydroxyl groups is 1. The van der Waals surface area contributed by atoms with Crippen LogP contribution in [-0.2, 0) is 11.2 Å². The Balaban J connectivity index is 2.80. The number of rotatable bonds is 5. The number of ketones is 1. The van der Waals surface area contributed by atoms with Crippen molar-refractivity contribution in [2.45, 2.75) is 19.8 Å². The van der Waals surface area contributed by atoms with Gasteiger partial charge in [-0.3, -0.25) is 4.79 Å². The minimum atomic E-state index is -0.652. The molecule has 4 heteroatoms. The molecule has 1 rings (SSSR count). The molecule has 0 aliphatic rings. The fourth-order valence-electron chi connectivity index (χ4n) is 1.62. The Labute approximate surface area is 92.9 Å². The van der Waals surface area contributed by atoms with Gasteiger partial charge in [0.2, 0.25) is 0 Å². The molecule has 0 saturated heterocycles. The highest BCUT2D eigenvalue weighted by atomic mass is 19.1. The highest BCUT2D eigenvalue weighted by Crippen LogP contribution is 2.16. The van der Waals surface area contributed by atoms with Crippen LogP contribution in [0.4, 0.5) is 8.78 Å². The molecule has 0 bridgehead atoms. The summed E-state index contributed by atoms with van der Waals surface area (Å²) in [6.45, 7) is 1.30. The Bertz CT molecular complexity index is 357. The van der Waals surface area contributed by atoms with Crippen molar-refractivity contribution in [3.63, 3.8) is 0 Å². The molecule has 0 heterocycles. The molecule has 1 atom stereocenters. The second kappa shape index (κ2) is 5.70. The monoisotopic (exact) mass is 228 g/mol. The molecule has 2 nitrogen and oxygen atoms in total. The molecule has 0 fully saturated rings. The lowest BCUT2D eigenvalue weighted by molar-refractivity contribution is -0.121. The van der Waals surface area contributed by atoms with E-state index in [0.717, 1.165) is 6.07 Å². The van der Waals surface area contributed by atoms with Crippen LogP contribution in [0.3, 0.4) is 0 Å². The van der Waals surface area contributed by atoms with Crippen molar-refractivity contribution in [1.29, 1.82) is 0 Å². The van der Waals surface area contributed by atoms with Gasteiger partial charge in [0, 0.05) is 18.6 Å². The SMILES string of the molecule is CC(=O)C(CCO)Cc1cc(F)cc(F)c1. The van der Waals surface area contributed by atoms with Gasteiger partial charge in [0.15, 0.2) is 0 Å². The molecular weight excluding hydrogens is 214 g/mol. The van der Waals surface area contributed by atoms with Crippen molar-refractivity contribution >= 4 is 5.78 Å². The second-order valence-electron chi connectivity index (χ2n) is 3.80. The van der Waals surface area contributed by atoms with Crippen LogP contribution in [0, 0.1) is 17.6 Å². The fourth-order valence-corrected chi connectivity index (χ4v) is 1.62. The quantitative estimate of drug-likeness (QED) is 0.837. The summed E-state index contributed by atoms with van der Waals surface area (Å²) in [4.78, 5) is 11.2. The lowest BCUT2D eigenvalue weighted by Gasteiger charge is -2.12. The maximum absolute atomic E-state index is 12.9. The van der Waals surface area contributed by atoms with Crippen molar-refractivity contribution in [3.8, 4) is 0 Å². The summed E-state index contributed by atoms with van der Waals surface area (Å²) in [6, 6.07) is 3.20. The molecule has 0 aromatic heterocycles. The molecule has 16 heavy (non-hydrogen) atoms. The van der Waals surface area contributed by atoms with Crippen LogP contribution in [-0.4, -0.2) is 17.5 Å². The molecule has 1 aromatic rings. The van der Waals surface area contributed by atoms with E-state index in [0.29, 0.717) is 12.0 Å². The Morgan fingerprint density at radius 1 is 1.31 bits per heavy atom. The summed E-state index contributed by atoms with van der Waals surface area (Å²) in [7, 11) is 0. The third-order valence-electron chi connectivity index (χ3n) is 2.46. The van der Waals surface area contributed by atoms with E-state index in [2.05, 4.69) is 0 Å². The third-order valence-corrected chi connectivity index (χ3v) is 2.46. The normalized spacial score (nSPS) is 12.5. The molecule has 0 amide bonds. The summed E-state index contributed by atoms with van der Waals surface area (Å²) >= 11 is 0. The molecule has 1 aromatic carbocycles. The number of hydrogen-bond acceptors (Lipinski definition) is 2. The first-order valence-electron chi connectivity index (χ1n) is 5.09. The van der Waals surface area contributed by atoms with E-state index in [4.69, 9.17) is 5.11 Å². The largest absolute Gasteiger partial charge is 0.396 e. The lowest BCUT2D eigenvalue weighted by Crippen LogP contribution is -2.15. The van der Waals surface area contributed by atoms with Crippen LogP contribution < -0.4 is 0 Å². The van der Waals surface area contributed by atoms with Gasteiger partial charge in [-0.15, -0.1) is 0 Å². The van der Waals surface area contributed by atoms with Crippen LogP contribution in [0.25, 0.3) is 0 Å². The Morgan fingerprint density at radius 2 is 1.88 bits per heavy atom. The van der Waals surface area contributed by atoms with Crippen LogP contribution in [0.15, 0.2) is 18.2 Å². The van der Waals surface area contributed by atoms with E-state index in [1.807, 2.05) is 0 Å². The molecular formula is C12H14F2O2. The summed E-state index contributed by atoms with van der Waals surface area (Å²) in [5.41, 5.74) is 0.436. The number of Topliss-reactive ketones (excluding diaryl/α,β-unsaturated/α-hetero) is 1. The maximum atomic E-state index is 12.9. The van der Waals surface area contributed by atoms with Gasteiger partial charge in [0.1, 0.15) is 17.4 Å². The average Bonchev–Trinajstić information content (AvgIpc) is 2.15. The number of carbonyl (C=O) groups excluding carboxylic acids is 1. The molecule has 0 aliphatic carbocycles. The summed E-state index contributed by atoms with van der Waals surface area (Å²) in [5.74, 6) is -1.77. The van der Waals surface area contributed by atoms with Crippen molar-refractivity contribution in [1.82, 2.24) is 0 Å². The minimum absolute atomic E-state index is 0.0845. The van der Waals surface area contributed by atoms with Crippen LogP contribution >= 0.6 is 0 Å². The highest BCUT2D eigenvalue weighted by molar-refractivity contribution is 5.78. The van der Waals surface area contributed by atoms with Gasteiger partial charge in [-0.2, -0.15) is 0 Å². The van der Waals surface area contributed by atoms with Crippen molar-refractivity contribution < 1.29 is 18.7 Å². The van der Waals surface area contributed by atoms with Gasteiger partial charge in [-0.05, 0) is 37.5 Å². The second-order valence-corrected chi connectivity index (χ2v) is 3.80. The Kier molecular flexibility index (Phi) is 4.55. The highest BCUT2D eigenvalue weighted by Gasteiger charge is 2.15. The van der Waals surface area contributed by atoms with Gasteiger partial charge in [0.05, 0.1) is 0 Å². The lowest BCUT2D eigenvalue weighted by atomic mass is 9.93. The molecule has 1 unspecified atom stereocenters. The molecule has 0 radical (unpaired) electrons. The summed E-state index contributed by atoms with van der Waals surface area (Å²) in [6.07, 6.45) is 0.567. The summed E-state index contributed by atoms with van der Waals surface area (Å²) in [5, 5.41) is 8.77. The third kappa shape index (κ3) is 3.70. The molecule has 0 saturated carbocycles. The van der Waals surface area contributed by atoms with E-state index in [1.54, 1.807) is 0 Å². The van der Waals surface area contributed by atoms with Crippen LogP contribution in [0.5, 0.6) is 0 Å². The van der Waals surface area contributed by atoms with Gasteiger partial charge >= 0.3 is 0 Å². The zero-order chi connectivity index (χ0) is 12.1. The molecule has 88 valence electrons. The van der Waals surface area contributed by atoms with Crippen molar-refractivity contribution in [2.24, 2.45) is 5.92 Å². The van der Waals surface area contributed by atoms with Gasteiger partial charge in [-0.1, -0.05) is 0 Å². The maximum Gasteiger partial charge on any atom is 0.133 e. The number of halogens is 2. The zero-order valence-electron chi connectivity index (χ0n) is 9.04. The van der Waals surface area contributed by atoms with Crippen molar-refractivity contribution in [2.75, 3.05) is 6.61 Å². The average molecular weight is 228 g/mol. The van der Waals surface area contributed by atoms with Gasteiger partial charge in [0.25, 0.3) is 0 Å². The molecule has 1 N–H and O–H groups in total. The van der Waals surface area contributed by atoms with Crippen LogP contribution in [0.2, 0.25) is 0 Å². The Morgan fingerprint density at radius 3 is 2.31 bits per heavy atom. The molecule has 0 aliphatic heterocycles.